The third-order valence-electron chi connectivity index (χ3n) is 4.65. The Morgan fingerprint density at radius 3 is 2.96 bits per heavy atom. The first-order valence-corrected chi connectivity index (χ1v) is 7.77. The molecule has 2 aliphatic rings. The van der Waals surface area contributed by atoms with Crippen LogP contribution >= 0.6 is 0 Å². The van der Waals surface area contributed by atoms with Crippen LogP contribution in [0.4, 0.5) is 11.5 Å². The molecule has 2 aliphatic heterocycles. The third kappa shape index (κ3) is 2.01. The van der Waals surface area contributed by atoms with Gasteiger partial charge in [0.25, 0.3) is 5.91 Å². The van der Waals surface area contributed by atoms with Crippen LogP contribution in [0.3, 0.4) is 0 Å². The van der Waals surface area contributed by atoms with E-state index in [0.29, 0.717) is 25.3 Å². The van der Waals surface area contributed by atoms with Gasteiger partial charge in [0.2, 0.25) is 0 Å². The Balaban J connectivity index is 1.66. The monoisotopic (exact) mass is 323 g/mol. The number of aryl methyl sites for hydroxylation is 2. The Morgan fingerprint density at radius 2 is 2.29 bits per heavy atom. The summed E-state index contributed by atoms with van der Waals surface area (Å²) in [6.07, 6.45) is 6.23. The average molecular weight is 323 g/mol. The minimum Gasteiger partial charge on any atom is -0.379 e. The number of nitrogens with one attached hydrogen (secondary N) is 2. The number of nitriles is 1. The smallest absolute Gasteiger partial charge is 0.263 e. The number of rotatable bonds is 1. The standard InChI is InChI=1S/C16H17N7O/c1-10-7-22(2)21-13(10)11-5-12-14(18-6-11)20-16(8-19-12)3-4-23(9-17)15(16)24/h5-7,19H,3-4,8H2,1-2H3,(H,18,20). The Hall–Kier alpha value is -3.08. The summed E-state index contributed by atoms with van der Waals surface area (Å²) in [6.45, 7) is 2.88. The molecule has 0 radical (unpaired) electrons. The van der Waals surface area contributed by atoms with Gasteiger partial charge in [0, 0.05) is 44.5 Å². The maximum absolute atomic E-state index is 12.4. The van der Waals surface area contributed by atoms with Gasteiger partial charge in [0.15, 0.2) is 6.19 Å². The van der Waals surface area contributed by atoms with E-state index in [1.807, 2.05) is 32.4 Å². The van der Waals surface area contributed by atoms with Gasteiger partial charge in [-0.05, 0) is 18.6 Å². The van der Waals surface area contributed by atoms with Crippen LogP contribution in [0.2, 0.25) is 0 Å². The van der Waals surface area contributed by atoms with Gasteiger partial charge in [-0.2, -0.15) is 10.4 Å². The number of fused-ring (bicyclic) bond motifs is 1. The quantitative estimate of drug-likeness (QED) is 0.762. The molecular weight excluding hydrogens is 306 g/mol. The molecule has 1 atom stereocenters. The second kappa shape index (κ2) is 4.96. The summed E-state index contributed by atoms with van der Waals surface area (Å²) >= 11 is 0. The third-order valence-corrected chi connectivity index (χ3v) is 4.65. The average Bonchev–Trinajstić information content (AvgIpc) is 3.07. The molecule has 0 saturated carbocycles. The molecule has 8 nitrogen and oxygen atoms in total. The van der Waals surface area contributed by atoms with Crippen molar-refractivity contribution in [2.75, 3.05) is 23.7 Å². The summed E-state index contributed by atoms with van der Waals surface area (Å²) in [4.78, 5) is 18.1. The Labute approximate surface area is 139 Å². The molecule has 2 aromatic heterocycles. The van der Waals surface area contributed by atoms with E-state index in [1.54, 1.807) is 10.9 Å². The van der Waals surface area contributed by atoms with Crippen LogP contribution in [0.25, 0.3) is 11.3 Å². The Bertz CT molecular complexity index is 881. The van der Waals surface area contributed by atoms with Gasteiger partial charge in [-0.25, -0.2) is 9.88 Å². The first-order chi connectivity index (χ1) is 11.5. The molecule has 2 aromatic rings. The SMILES string of the molecule is Cc1cn(C)nc1-c1cnc2c(c1)NCC1(CCN(C#N)C1=O)N2. The molecule has 2 N–H and O–H groups in total. The van der Waals surface area contributed by atoms with E-state index in [0.717, 1.165) is 22.5 Å². The van der Waals surface area contributed by atoms with Crippen LogP contribution in [0.1, 0.15) is 12.0 Å². The number of hydrogen-bond donors (Lipinski definition) is 2. The van der Waals surface area contributed by atoms with Crippen molar-refractivity contribution in [2.24, 2.45) is 7.05 Å². The largest absolute Gasteiger partial charge is 0.379 e. The van der Waals surface area contributed by atoms with E-state index >= 15 is 0 Å². The van der Waals surface area contributed by atoms with Crippen molar-refractivity contribution >= 4 is 17.4 Å². The molecule has 8 heteroatoms. The first kappa shape index (κ1) is 14.5. The molecule has 1 unspecified atom stereocenters. The van der Waals surface area contributed by atoms with E-state index in [4.69, 9.17) is 5.26 Å². The molecule has 122 valence electrons. The van der Waals surface area contributed by atoms with Crippen molar-refractivity contribution in [2.45, 2.75) is 18.9 Å². The second-order valence-electron chi connectivity index (χ2n) is 6.32. The summed E-state index contributed by atoms with van der Waals surface area (Å²) in [5, 5.41) is 20.0. The van der Waals surface area contributed by atoms with E-state index in [2.05, 4.69) is 20.7 Å². The van der Waals surface area contributed by atoms with Crippen LogP contribution in [0, 0.1) is 18.4 Å². The van der Waals surface area contributed by atoms with Gasteiger partial charge in [-0.3, -0.25) is 9.48 Å². The number of amides is 1. The van der Waals surface area contributed by atoms with Gasteiger partial charge in [0.1, 0.15) is 11.4 Å². The highest BCUT2D eigenvalue weighted by Gasteiger charge is 2.49. The number of pyridine rings is 1. The van der Waals surface area contributed by atoms with Gasteiger partial charge in [0.05, 0.1) is 11.4 Å². The highest BCUT2D eigenvalue weighted by atomic mass is 16.2. The van der Waals surface area contributed by atoms with E-state index < -0.39 is 5.54 Å². The number of hydrogen-bond acceptors (Lipinski definition) is 6. The highest BCUT2D eigenvalue weighted by Crippen LogP contribution is 2.36. The summed E-state index contributed by atoms with van der Waals surface area (Å²) in [5.74, 6) is 0.432. The van der Waals surface area contributed by atoms with Crippen LogP contribution in [-0.2, 0) is 11.8 Å². The predicted molar refractivity (Wildman–Crippen MR) is 88.0 cm³/mol. The van der Waals surface area contributed by atoms with E-state index in [9.17, 15) is 4.79 Å². The minimum absolute atomic E-state index is 0.199. The van der Waals surface area contributed by atoms with Crippen LogP contribution < -0.4 is 10.6 Å². The summed E-state index contributed by atoms with van der Waals surface area (Å²) in [7, 11) is 1.89. The lowest BCUT2D eigenvalue weighted by Crippen LogP contribution is -2.53. The van der Waals surface area contributed by atoms with Crippen molar-refractivity contribution in [1.29, 1.82) is 5.26 Å². The zero-order valence-electron chi connectivity index (χ0n) is 13.5. The van der Waals surface area contributed by atoms with Crippen LogP contribution in [0.5, 0.6) is 0 Å². The normalized spacial score (nSPS) is 22.0. The van der Waals surface area contributed by atoms with E-state index in [-0.39, 0.29) is 5.91 Å². The highest BCUT2D eigenvalue weighted by molar-refractivity contribution is 5.95. The number of carbonyl (C=O) groups is 1. The lowest BCUT2D eigenvalue weighted by molar-refractivity contribution is -0.128. The fourth-order valence-corrected chi connectivity index (χ4v) is 3.38. The number of likely N-dealkylation sites (tertiary alicyclic amines) is 1. The molecule has 0 aliphatic carbocycles. The molecule has 1 spiro atoms. The Morgan fingerprint density at radius 1 is 1.46 bits per heavy atom. The first-order valence-electron chi connectivity index (χ1n) is 7.77. The fraction of sp³-hybridized carbons (Fsp3) is 0.375. The maximum Gasteiger partial charge on any atom is 0.263 e. The van der Waals surface area contributed by atoms with Gasteiger partial charge in [-0.15, -0.1) is 0 Å². The fourth-order valence-electron chi connectivity index (χ4n) is 3.38. The van der Waals surface area contributed by atoms with Crippen molar-refractivity contribution in [1.82, 2.24) is 19.7 Å². The van der Waals surface area contributed by atoms with Crippen molar-refractivity contribution < 1.29 is 4.79 Å². The zero-order valence-corrected chi connectivity index (χ0v) is 13.5. The van der Waals surface area contributed by atoms with Crippen LogP contribution in [0.15, 0.2) is 18.5 Å². The number of anilines is 2. The van der Waals surface area contributed by atoms with Gasteiger partial charge in [-0.1, -0.05) is 0 Å². The number of nitrogens with zero attached hydrogens (tertiary/aromatic N) is 5. The van der Waals surface area contributed by atoms with Crippen molar-refractivity contribution in [3.8, 4) is 17.5 Å². The molecule has 24 heavy (non-hydrogen) atoms. The van der Waals surface area contributed by atoms with Crippen molar-refractivity contribution in [3.63, 3.8) is 0 Å². The number of aromatic nitrogens is 3. The minimum atomic E-state index is -0.780. The second-order valence-corrected chi connectivity index (χ2v) is 6.32. The van der Waals surface area contributed by atoms with E-state index in [1.165, 1.54) is 4.90 Å². The Kier molecular flexibility index (Phi) is 3.00. The predicted octanol–water partition coefficient (Wildman–Crippen LogP) is 1.08. The summed E-state index contributed by atoms with van der Waals surface area (Å²) in [6, 6.07) is 1.99. The molecule has 1 saturated heterocycles. The molecule has 1 amide bonds. The van der Waals surface area contributed by atoms with Crippen LogP contribution in [-0.4, -0.2) is 44.2 Å². The molecule has 4 heterocycles. The lowest BCUT2D eigenvalue weighted by Gasteiger charge is -2.34. The zero-order chi connectivity index (χ0) is 16.9. The summed E-state index contributed by atoms with van der Waals surface area (Å²) < 4.78 is 1.78. The van der Waals surface area contributed by atoms with Gasteiger partial charge < -0.3 is 10.6 Å². The lowest BCUT2D eigenvalue weighted by atomic mass is 9.95. The van der Waals surface area contributed by atoms with Crippen molar-refractivity contribution in [3.05, 3.63) is 24.0 Å². The molecule has 1 fully saturated rings. The van der Waals surface area contributed by atoms with Gasteiger partial charge >= 0.3 is 0 Å². The molecule has 0 bridgehead atoms. The number of carbonyl (C=O) groups excluding carboxylic acids is 1. The summed E-state index contributed by atoms with van der Waals surface area (Å²) in [5.41, 5.74) is 2.95. The molecule has 0 aromatic carbocycles. The maximum atomic E-state index is 12.4. The topological polar surface area (TPSA) is 98.9 Å². The molecular formula is C16H17N7O. The molecule has 4 rings (SSSR count).